The van der Waals surface area contributed by atoms with Gasteiger partial charge in [-0.2, -0.15) is 5.21 Å². The van der Waals surface area contributed by atoms with Gasteiger partial charge in [0, 0.05) is 11.6 Å². The van der Waals surface area contributed by atoms with Crippen LogP contribution in [0.2, 0.25) is 0 Å². The Labute approximate surface area is 197 Å². The highest BCUT2D eigenvalue weighted by Crippen LogP contribution is 2.40. The molecule has 8 nitrogen and oxygen atoms in total. The molecule has 1 fully saturated rings. The van der Waals surface area contributed by atoms with Gasteiger partial charge < -0.3 is 11.1 Å². The number of amides is 1. The molecule has 3 rings (SSSR count). The summed E-state index contributed by atoms with van der Waals surface area (Å²) in [6, 6.07) is 8.02. The quantitative estimate of drug-likeness (QED) is 0.423. The van der Waals surface area contributed by atoms with E-state index in [0.29, 0.717) is 22.7 Å². The summed E-state index contributed by atoms with van der Waals surface area (Å²) in [6.45, 7) is 11.7. The minimum absolute atomic E-state index is 0.158. The van der Waals surface area contributed by atoms with Gasteiger partial charge in [-0.15, -0.1) is 10.2 Å². The molecule has 0 aliphatic heterocycles. The van der Waals surface area contributed by atoms with Gasteiger partial charge in [-0.25, -0.2) is 0 Å². The summed E-state index contributed by atoms with van der Waals surface area (Å²) < 4.78 is 0. The number of hydrogen-bond acceptors (Lipinski definition) is 6. The lowest BCUT2D eigenvalue weighted by molar-refractivity contribution is 0.0949. The molecule has 0 bridgehead atoms. The van der Waals surface area contributed by atoms with E-state index in [1.807, 2.05) is 24.3 Å². The summed E-state index contributed by atoms with van der Waals surface area (Å²) in [5.74, 6) is 1.63. The first-order valence-corrected chi connectivity index (χ1v) is 12.2. The Bertz CT molecular complexity index is 863. The largest absolute Gasteiger partial charge is 0.345 e. The third-order valence-corrected chi connectivity index (χ3v) is 6.97. The monoisotopic (exact) mass is 455 g/mol. The Balaban J connectivity index is 1.65. The number of H-pyrrole nitrogens is 1. The van der Waals surface area contributed by atoms with E-state index in [2.05, 4.69) is 65.9 Å². The lowest BCUT2D eigenvalue weighted by Crippen LogP contribution is -2.57. The first-order valence-electron chi connectivity index (χ1n) is 12.2. The van der Waals surface area contributed by atoms with Gasteiger partial charge in [-0.1, -0.05) is 52.0 Å². The molecule has 1 aliphatic rings. The second kappa shape index (κ2) is 10.7. The van der Waals surface area contributed by atoms with E-state index in [1.54, 1.807) is 0 Å². The predicted octanol–water partition coefficient (Wildman–Crippen LogP) is 4.09. The molecule has 33 heavy (non-hydrogen) atoms. The zero-order valence-corrected chi connectivity index (χ0v) is 20.8. The Hall–Kier alpha value is -2.32. The molecule has 8 heteroatoms. The Morgan fingerprint density at radius 3 is 2.39 bits per heavy atom. The summed E-state index contributed by atoms with van der Waals surface area (Å²) in [6.07, 6.45) is 6.42. The number of aromatic amines is 1. The lowest BCUT2D eigenvalue weighted by Gasteiger charge is -2.44. The second-order valence-corrected chi connectivity index (χ2v) is 11.1. The van der Waals surface area contributed by atoms with Gasteiger partial charge in [0.1, 0.15) is 0 Å². The fourth-order valence-corrected chi connectivity index (χ4v) is 4.70. The Kier molecular flexibility index (Phi) is 8.23. The molecule has 0 saturated heterocycles. The van der Waals surface area contributed by atoms with Gasteiger partial charge in [0.15, 0.2) is 5.82 Å². The molecule has 1 aromatic carbocycles. The van der Waals surface area contributed by atoms with Crippen LogP contribution in [0.3, 0.4) is 0 Å². The molecule has 1 amide bonds. The fourth-order valence-electron chi connectivity index (χ4n) is 4.70. The van der Waals surface area contributed by atoms with Crippen molar-refractivity contribution in [1.82, 2.24) is 31.3 Å². The average molecular weight is 456 g/mol. The van der Waals surface area contributed by atoms with Gasteiger partial charge >= 0.3 is 0 Å². The summed E-state index contributed by atoms with van der Waals surface area (Å²) in [5.41, 5.74) is 8.65. The summed E-state index contributed by atoms with van der Waals surface area (Å²) in [4.78, 5) is 12.5. The highest BCUT2D eigenvalue weighted by atomic mass is 16.1. The molecular weight excluding hydrogens is 414 g/mol. The van der Waals surface area contributed by atoms with Crippen molar-refractivity contribution in [1.29, 1.82) is 0 Å². The van der Waals surface area contributed by atoms with Crippen molar-refractivity contribution in [2.45, 2.75) is 91.4 Å². The van der Waals surface area contributed by atoms with E-state index >= 15 is 0 Å². The van der Waals surface area contributed by atoms with Gasteiger partial charge in [-0.05, 0) is 73.5 Å². The van der Waals surface area contributed by atoms with Gasteiger partial charge in [0.25, 0.3) is 5.91 Å². The van der Waals surface area contributed by atoms with Crippen LogP contribution in [0, 0.1) is 17.3 Å². The summed E-state index contributed by atoms with van der Waals surface area (Å²) in [7, 11) is 0. The number of carbonyl (C=O) groups is 1. The van der Waals surface area contributed by atoms with Crippen molar-refractivity contribution >= 4 is 5.91 Å². The van der Waals surface area contributed by atoms with Crippen LogP contribution in [-0.2, 0) is 6.54 Å². The van der Waals surface area contributed by atoms with Gasteiger partial charge in [0.05, 0.1) is 12.2 Å². The number of hydrogen-bond donors (Lipinski definition) is 4. The van der Waals surface area contributed by atoms with Crippen LogP contribution >= 0.6 is 0 Å². The average Bonchev–Trinajstić information content (AvgIpc) is 3.28. The second-order valence-electron chi connectivity index (χ2n) is 11.1. The van der Waals surface area contributed by atoms with Crippen molar-refractivity contribution in [3.05, 3.63) is 41.2 Å². The normalized spacial score (nSPS) is 22.3. The lowest BCUT2D eigenvalue weighted by atomic mass is 9.69. The predicted molar refractivity (Wildman–Crippen MR) is 130 cm³/mol. The molecule has 1 aliphatic carbocycles. The van der Waals surface area contributed by atoms with Crippen LogP contribution in [0.15, 0.2) is 24.3 Å². The molecule has 2 aromatic rings. The molecule has 182 valence electrons. The van der Waals surface area contributed by atoms with Crippen molar-refractivity contribution in [2.24, 2.45) is 23.0 Å². The summed E-state index contributed by atoms with van der Waals surface area (Å²) in [5, 5.41) is 20.2. The van der Waals surface area contributed by atoms with Crippen molar-refractivity contribution < 1.29 is 4.79 Å². The van der Waals surface area contributed by atoms with Crippen molar-refractivity contribution in [3.63, 3.8) is 0 Å². The fraction of sp³-hybridized carbons (Fsp3) is 0.680. The zero-order valence-electron chi connectivity index (χ0n) is 20.8. The highest BCUT2D eigenvalue weighted by Gasteiger charge is 2.37. The number of aromatic nitrogens is 4. The first-order chi connectivity index (χ1) is 15.6. The van der Waals surface area contributed by atoms with E-state index in [-0.39, 0.29) is 24.2 Å². The number of benzene rings is 1. The van der Waals surface area contributed by atoms with Crippen LogP contribution in [0.1, 0.15) is 101 Å². The summed E-state index contributed by atoms with van der Waals surface area (Å²) >= 11 is 0. The topological polar surface area (TPSA) is 122 Å². The smallest absolute Gasteiger partial charge is 0.251 e. The van der Waals surface area contributed by atoms with Crippen LogP contribution in [-0.4, -0.2) is 32.2 Å². The molecule has 1 heterocycles. The molecule has 1 atom stereocenters. The Morgan fingerprint density at radius 2 is 1.85 bits per heavy atom. The highest BCUT2D eigenvalue weighted by molar-refractivity contribution is 5.94. The van der Waals surface area contributed by atoms with E-state index < -0.39 is 0 Å². The van der Waals surface area contributed by atoms with Gasteiger partial charge in [-0.3, -0.25) is 10.1 Å². The third kappa shape index (κ3) is 7.33. The van der Waals surface area contributed by atoms with Crippen molar-refractivity contribution in [2.75, 3.05) is 0 Å². The first kappa shape index (κ1) is 25.3. The number of rotatable bonds is 9. The van der Waals surface area contributed by atoms with Crippen LogP contribution in [0.25, 0.3) is 0 Å². The number of nitrogens with one attached hydrogen (secondary N) is 3. The maximum absolute atomic E-state index is 12.5. The molecule has 1 aromatic heterocycles. The van der Waals surface area contributed by atoms with E-state index in [4.69, 9.17) is 5.73 Å². The third-order valence-electron chi connectivity index (χ3n) is 6.97. The van der Waals surface area contributed by atoms with Crippen LogP contribution < -0.4 is 16.4 Å². The molecular formula is C25H41N7O. The van der Waals surface area contributed by atoms with Crippen LogP contribution in [0.4, 0.5) is 0 Å². The van der Waals surface area contributed by atoms with E-state index in [0.717, 1.165) is 44.4 Å². The zero-order chi connectivity index (χ0) is 24.1. The number of nitrogens with two attached hydrogens (primary N) is 1. The Morgan fingerprint density at radius 1 is 1.18 bits per heavy atom. The van der Waals surface area contributed by atoms with Crippen LogP contribution in [0.5, 0.6) is 0 Å². The number of carbonyl (C=O) groups excluding carboxylic acids is 1. The number of nitrogens with zero attached hydrogens (tertiary/aromatic N) is 3. The van der Waals surface area contributed by atoms with E-state index in [1.165, 1.54) is 5.56 Å². The van der Waals surface area contributed by atoms with E-state index in [9.17, 15) is 4.79 Å². The molecule has 1 saturated carbocycles. The molecule has 5 N–H and O–H groups in total. The maximum atomic E-state index is 12.5. The molecule has 0 unspecified atom stereocenters. The van der Waals surface area contributed by atoms with Crippen molar-refractivity contribution in [3.8, 4) is 0 Å². The minimum atomic E-state index is -0.343. The molecule has 0 spiro atoms. The number of tetrazole rings is 1. The molecule has 0 radical (unpaired) electrons. The maximum Gasteiger partial charge on any atom is 0.251 e. The minimum Gasteiger partial charge on any atom is -0.345 e. The standard InChI is InChI=1S/C25H41N7O/c1-17(2)6-11-21(28-25(26)14-12-20(13-15-25)24(3,4)5)18-7-9-19(10-8-18)23(33)27-16-22-29-31-32-30-22/h7-10,17,20-21,28H,6,11-16,26H2,1-5H3,(H,27,33)(H,29,30,31,32)/t20?,21-,25?/m1/s1. The van der Waals surface area contributed by atoms with Gasteiger partial charge in [0.2, 0.25) is 0 Å². The SMILES string of the molecule is CC(C)CC[C@@H](NC1(N)CCC(C(C)(C)C)CC1)c1ccc(C(=O)NCc2nn[nH]n2)cc1.